The quantitative estimate of drug-likeness (QED) is 0.234. The lowest BCUT2D eigenvalue weighted by atomic mass is 10.1. The van der Waals surface area contributed by atoms with E-state index in [1.54, 1.807) is 0 Å². The minimum absolute atomic E-state index is 0.109. The van der Waals surface area contributed by atoms with Gasteiger partial charge in [-0.3, -0.25) is 4.79 Å². The number of unbranched alkanes of at least 4 members (excludes halogenated alkanes) is 3. The normalized spacial score (nSPS) is 11.0. The maximum atomic E-state index is 11.2. The summed E-state index contributed by atoms with van der Waals surface area (Å²) in [5.41, 5.74) is 0. The van der Waals surface area contributed by atoms with E-state index >= 15 is 0 Å². The zero-order valence-electron chi connectivity index (χ0n) is 15.5. The monoisotopic (exact) mass is 326 g/mol. The molecule has 0 fully saturated rings. The molecule has 0 unspecified atom stereocenters. The van der Waals surface area contributed by atoms with Crippen LogP contribution in [0.2, 0.25) is 0 Å². The molecular weight excluding hydrogens is 292 g/mol. The largest absolute Gasteiger partial charge is 0.466 e. The topological polar surface area (TPSA) is 44.8 Å². The van der Waals surface area contributed by atoms with Crippen molar-refractivity contribution in [3.8, 4) is 11.8 Å². The summed E-state index contributed by atoms with van der Waals surface area (Å²) in [5.74, 6) is 7.01. The fraction of sp³-hybridized carbons (Fsp3) is 0.842. The zero-order valence-corrected chi connectivity index (χ0v) is 15.5. The average Bonchev–Trinajstić information content (AvgIpc) is 2.48. The van der Waals surface area contributed by atoms with Gasteiger partial charge in [0.15, 0.2) is 0 Å². The van der Waals surface area contributed by atoms with E-state index in [1.807, 2.05) is 6.92 Å². The van der Waals surface area contributed by atoms with Gasteiger partial charge in [-0.2, -0.15) is 0 Å². The van der Waals surface area contributed by atoms with Crippen LogP contribution in [0.4, 0.5) is 0 Å². The first kappa shape index (κ1) is 21.9. The molecule has 0 bridgehead atoms. The second-order valence-electron chi connectivity index (χ2n) is 6.47. The average molecular weight is 326 g/mol. The maximum absolute atomic E-state index is 11.2. The predicted molar refractivity (Wildman–Crippen MR) is 92.9 cm³/mol. The molecule has 0 amide bonds. The molecule has 0 radical (unpaired) electrons. The lowest BCUT2D eigenvalue weighted by molar-refractivity contribution is -0.143. The highest BCUT2D eigenvalue weighted by molar-refractivity contribution is 5.69. The fourth-order valence-electron chi connectivity index (χ4n) is 1.74. The summed E-state index contributed by atoms with van der Waals surface area (Å²) in [6.45, 7) is 12.0. The van der Waals surface area contributed by atoms with Crippen LogP contribution in [-0.2, 0) is 19.0 Å². The molecule has 4 nitrogen and oxygen atoms in total. The summed E-state index contributed by atoms with van der Waals surface area (Å²) in [5, 5.41) is 0. The Hall–Kier alpha value is -1.05. The number of hydrogen-bond donors (Lipinski definition) is 0. The number of rotatable bonds is 12. The molecule has 0 aliphatic heterocycles. The lowest BCUT2D eigenvalue weighted by Gasteiger charge is -2.16. The summed E-state index contributed by atoms with van der Waals surface area (Å²) in [6, 6.07) is 0. The Kier molecular flexibility index (Phi) is 13.9. The fourth-order valence-corrected chi connectivity index (χ4v) is 1.74. The van der Waals surface area contributed by atoms with Crippen molar-refractivity contribution in [3.63, 3.8) is 0 Å². The van der Waals surface area contributed by atoms with Crippen molar-refractivity contribution in [3.05, 3.63) is 0 Å². The van der Waals surface area contributed by atoms with Crippen LogP contribution in [-0.4, -0.2) is 32.1 Å². The van der Waals surface area contributed by atoms with Gasteiger partial charge in [-0.1, -0.05) is 40.0 Å². The van der Waals surface area contributed by atoms with Crippen molar-refractivity contribution in [1.29, 1.82) is 0 Å². The minimum atomic E-state index is -0.431. The molecule has 4 heteroatoms. The SMILES string of the molecule is CCOC(=O)CCCCCC#CC(OCC(C)C)OCC(C)C. The third-order valence-electron chi connectivity index (χ3n) is 2.87. The van der Waals surface area contributed by atoms with E-state index in [1.165, 1.54) is 0 Å². The van der Waals surface area contributed by atoms with Gasteiger partial charge in [-0.15, -0.1) is 0 Å². The van der Waals surface area contributed by atoms with E-state index in [2.05, 4.69) is 39.5 Å². The van der Waals surface area contributed by atoms with Crippen LogP contribution in [0.5, 0.6) is 0 Å². The first-order valence-electron chi connectivity index (χ1n) is 8.82. The molecule has 23 heavy (non-hydrogen) atoms. The summed E-state index contributed by atoms with van der Waals surface area (Å²) in [4.78, 5) is 11.2. The standard InChI is InChI=1S/C19H34O4/c1-6-21-18(20)12-10-8-7-9-11-13-19(22-14-16(2)3)23-15-17(4)5/h16-17,19H,6-10,12,14-15H2,1-5H3. The Bertz CT molecular complexity index is 340. The maximum Gasteiger partial charge on any atom is 0.305 e. The molecule has 0 saturated heterocycles. The van der Waals surface area contributed by atoms with Gasteiger partial charge < -0.3 is 14.2 Å². The molecule has 0 rings (SSSR count). The molecule has 0 aromatic rings. The highest BCUT2D eigenvalue weighted by Gasteiger charge is 2.08. The van der Waals surface area contributed by atoms with Gasteiger partial charge in [-0.25, -0.2) is 0 Å². The number of carbonyl (C=O) groups is 1. The third kappa shape index (κ3) is 15.6. The first-order valence-corrected chi connectivity index (χ1v) is 8.82. The molecule has 0 spiro atoms. The van der Waals surface area contributed by atoms with Crippen LogP contribution in [0.3, 0.4) is 0 Å². The first-order chi connectivity index (χ1) is 11.0. The third-order valence-corrected chi connectivity index (χ3v) is 2.87. The lowest BCUT2D eigenvalue weighted by Crippen LogP contribution is -2.20. The van der Waals surface area contributed by atoms with Crippen LogP contribution in [0.1, 0.15) is 66.7 Å². The Morgan fingerprint density at radius 1 is 0.957 bits per heavy atom. The summed E-state index contributed by atoms with van der Waals surface area (Å²) in [7, 11) is 0. The molecule has 0 atom stereocenters. The van der Waals surface area contributed by atoms with Gasteiger partial charge >= 0.3 is 5.97 Å². The second-order valence-corrected chi connectivity index (χ2v) is 6.47. The van der Waals surface area contributed by atoms with Crippen LogP contribution in [0, 0.1) is 23.7 Å². The van der Waals surface area contributed by atoms with Crippen molar-refractivity contribution in [1.82, 2.24) is 0 Å². The molecule has 0 aromatic carbocycles. The van der Waals surface area contributed by atoms with E-state index < -0.39 is 6.29 Å². The summed E-state index contributed by atoms with van der Waals surface area (Å²) >= 11 is 0. The van der Waals surface area contributed by atoms with Crippen molar-refractivity contribution < 1.29 is 19.0 Å². The Labute approximate surface area is 142 Å². The minimum Gasteiger partial charge on any atom is -0.466 e. The van der Waals surface area contributed by atoms with Gasteiger partial charge in [-0.05, 0) is 37.5 Å². The van der Waals surface area contributed by atoms with E-state index in [4.69, 9.17) is 14.2 Å². The highest BCUT2D eigenvalue weighted by Crippen LogP contribution is 2.05. The Balaban J connectivity index is 3.93. The van der Waals surface area contributed by atoms with Crippen LogP contribution < -0.4 is 0 Å². The zero-order chi connectivity index (χ0) is 17.5. The van der Waals surface area contributed by atoms with Crippen LogP contribution in [0.25, 0.3) is 0 Å². The molecule has 0 aliphatic rings. The van der Waals surface area contributed by atoms with Gasteiger partial charge in [0.2, 0.25) is 6.29 Å². The van der Waals surface area contributed by atoms with Crippen molar-refractivity contribution in [2.45, 2.75) is 73.0 Å². The van der Waals surface area contributed by atoms with Gasteiger partial charge in [0, 0.05) is 12.8 Å². The Morgan fingerprint density at radius 3 is 2.09 bits per heavy atom. The van der Waals surface area contributed by atoms with E-state index in [0.29, 0.717) is 38.1 Å². The second kappa shape index (κ2) is 14.5. The molecule has 134 valence electrons. The van der Waals surface area contributed by atoms with Gasteiger partial charge in [0.25, 0.3) is 0 Å². The van der Waals surface area contributed by atoms with E-state index in [-0.39, 0.29) is 5.97 Å². The number of esters is 1. The molecule has 0 saturated carbocycles. The molecule has 0 aliphatic carbocycles. The molecule has 0 N–H and O–H groups in total. The number of ether oxygens (including phenoxy) is 3. The van der Waals surface area contributed by atoms with E-state index in [9.17, 15) is 4.79 Å². The summed E-state index contributed by atoms with van der Waals surface area (Å²) < 4.78 is 16.3. The van der Waals surface area contributed by atoms with Crippen LogP contribution >= 0.6 is 0 Å². The Morgan fingerprint density at radius 2 is 1.57 bits per heavy atom. The van der Waals surface area contributed by atoms with Gasteiger partial charge in [0.05, 0.1) is 19.8 Å². The molecule has 0 aromatic heterocycles. The molecular formula is C19H34O4. The smallest absolute Gasteiger partial charge is 0.305 e. The predicted octanol–water partition coefficient (Wildman–Crippen LogP) is 4.17. The number of hydrogen-bond acceptors (Lipinski definition) is 4. The van der Waals surface area contributed by atoms with Crippen molar-refractivity contribution in [2.24, 2.45) is 11.8 Å². The van der Waals surface area contributed by atoms with E-state index in [0.717, 1.165) is 25.7 Å². The highest BCUT2D eigenvalue weighted by atomic mass is 16.7. The number of carbonyl (C=O) groups excluding carboxylic acids is 1. The summed E-state index contributed by atoms with van der Waals surface area (Å²) in [6.07, 6.45) is 3.69. The van der Waals surface area contributed by atoms with Gasteiger partial charge in [0.1, 0.15) is 0 Å². The van der Waals surface area contributed by atoms with Crippen LogP contribution in [0.15, 0.2) is 0 Å². The molecule has 0 heterocycles. The van der Waals surface area contributed by atoms with Crippen molar-refractivity contribution >= 4 is 5.97 Å². The van der Waals surface area contributed by atoms with Crippen molar-refractivity contribution in [2.75, 3.05) is 19.8 Å².